The summed E-state index contributed by atoms with van der Waals surface area (Å²) in [6.07, 6.45) is -1.22. The molecule has 0 aliphatic heterocycles. The third-order valence-corrected chi connectivity index (χ3v) is 5.33. The van der Waals surface area contributed by atoms with E-state index in [4.69, 9.17) is 70.7 Å². The zero-order valence-electron chi connectivity index (χ0n) is 19.0. The highest BCUT2D eigenvalue weighted by Crippen LogP contribution is 2.38. The molecule has 0 spiro atoms. The molecule has 0 radical (unpaired) electrons. The second kappa shape index (κ2) is 12.3. The van der Waals surface area contributed by atoms with E-state index >= 15 is 0 Å². The van der Waals surface area contributed by atoms with Crippen molar-refractivity contribution >= 4 is 63.7 Å². The van der Waals surface area contributed by atoms with Gasteiger partial charge < -0.3 is 39.6 Å². The maximum Gasteiger partial charge on any atom is 0.253 e. The van der Waals surface area contributed by atoms with Crippen LogP contribution in [0.3, 0.4) is 0 Å². The Bertz CT molecular complexity index is 1010. The van der Waals surface area contributed by atoms with Crippen LogP contribution in [0.15, 0.2) is 30.3 Å². The molecule has 0 bridgehead atoms. The van der Waals surface area contributed by atoms with Crippen molar-refractivity contribution in [2.24, 2.45) is 0 Å². The minimum Gasteiger partial charge on any atom is -0.497 e. The Morgan fingerprint density at radius 3 is 1.91 bits per heavy atom. The van der Waals surface area contributed by atoms with E-state index < -0.39 is 15.9 Å². The Hall–Kier alpha value is -2.53. The van der Waals surface area contributed by atoms with Crippen molar-refractivity contribution in [3.05, 3.63) is 35.9 Å². The third-order valence-electron chi connectivity index (χ3n) is 4.46. The number of hydrogen-bond donors (Lipinski definition) is 3. The Morgan fingerprint density at radius 2 is 1.44 bits per heavy atom. The van der Waals surface area contributed by atoms with Gasteiger partial charge in [-0.1, -0.05) is 34.8 Å². The smallest absolute Gasteiger partial charge is 0.253 e. The van der Waals surface area contributed by atoms with Crippen molar-refractivity contribution in [2.45, 2.75) is 9.96 Å². The monoisotopic (exact) mass is 551 g/mol. The molecular formula is C21H24Cl3N3O6S. The first kappa shape index (κ1) is 27.7. The van der Waals surface area contributed by atoms with Gasteiger partial charge in [0.05, 0.1) is 41.2 Å². The van der Waals surface area contributed by atoms with Crippen molar-refractivity contribution in [2.75, 3.05) is 40.9 Å². The van der Waals surface area contributed by atoms with Gasteiger partial charge in [0.2, 0.25) is 9.54 Å². The minimum absolute atomic E-state index is 0.0491. The Balaban J connectivity index is 2.25. The quantitative estimate of drug-likeness (QED) is 0.241. The van der Waals surface area contributed by atoms with Gasteiger partial charge in [0.25, 0.3) is 5.91 Å². The van der Waals surface area contributed by atoms with Crippen molar-refractivity contribution in [3.8, 4) is 28.7 Å². The van der Waals surface area contributed by atoms with E-state index in [1.807, 2.05) is 0 Å². The number of alkyl halides is 3. The molecule has 34 heavy (non-hydrogen) atoms. The van der Waals surface area contributed by atoms with Crippen LogP contribution in [0.1, 0.15) is 10.4 Å². The molecule has 0 saturated heterocycles. The lowest BCUT2D eigenvalue weighted by Crippen LogP contribution is -2.56. The summed E-state index contributed by atoms with van der Waals surface area (Å²) in [4.78, 5) is 13.0. The van der Waals surface area contributed by atoms with Gasteiger partial charge in [-0.3, -0.25) is 4.79 Å². The second-order valence-electron chi connectivity index (χ2n) is 6.53. The summed E-state index contributed by atoms with van der Waals surface area (Å²) >= 11 is 23.7. The van der Waals surface area contributed by atoms with Crippen LogP contribution in [0.4, 0.5) is 5.69 Å². The average molecular weight is 553 g/mol. The first-order chi connectivity index (χ1) is 16.1. The number of carbonyl (C=O) groups excluding carboxylic acids is 1. The Morgan fingerprint density at radius 1 is 0.853 bits per heavy atom. The molecule has 9 nitrogen and oxygen atoms in total. The molecule has 2 rings (SSSR count). The van der Waals surface area contributed by atoms with Crippen LogP contribution in [0.5, 0.6) is 28.7 Å². The highest BCUT2D eigenvalue weighted by molar-refractivity contribution is 7.80. The number of thiocarbonyl (C=S) groups is 1. The van der Waals surface area contributed by atoms with E-state index in [0.29, 0.717) is 22.9 Å². The highest BCUT2D eigenvalue weighted by atomic mass is 35.6. The fourth-order valence-electron chi connectivity index (χ4n) is 2.83. The molecule has 2 aromatic carbocycles. The van der Waals surface area contributed by atoms with Gasteiger partial charge in [0.1, 0.15) is 17.7 Å². The largest absolute Gasteiger partial charge is 0.497 e. The number of hydrogen-bond acceptors (Lipinski definition) is 7. The van der Waals surface area contributed by atoms with E-state index in [1.54, 1.807) is 18.2 Å². The molecule has 1 amide bonds. The maximum atomic E-state index is 13.0. The van der Waals surface area contributed by atoms with E-state index in [-0.39, 0.29) is 22.2 Å². The van der Waals surface area contributed by atoms with Crippen molar-refractivity contribution in [3.63, 3.8) is 0 Å². The molecule has 186 valence electrons. The summed E-state index contributed by atoms with van der Waals surface area (Å²) in [6.45, 7) is 0. The van der Waals surface area contributed by atoms with Gasteiger partial charge in [0, 0.05) is 11.6 Å². The molecule has 2 aromatic rings. The summed E-state index contributed by atoms with van der Waals surface area (Å²) in [5.41, 5.74) is 0.669. The lowest BCUT2D eigenvalue weighted by molar-refractivity contribution is 0.0933. The minimum atomic E-state index is -1.97. The molecule has 0 aliphatic carbocycles. The summed E-state index contributed by atoms with van der Waals surface area (Å²) in [5, 5.41) is 8.37. The number of nitrogens with one attached hydrogen (secondary N) is 3. The summed E-state index contributed by atoms with van der Waals surface area (Å²) in [5.74, 6) is 1.37. The van der Waals surface area contributed by atoms with Crippen LogP contribution < -0.4 is 39.6 Å². The predicted molar refractivity (Wildman–Crippen MR) is 137 cm³/mol. The number of halogens is 3. The lowest BCUT2D eigenvalue weighted by Gasteiger charge is -2.28. The molecule has 0 heterocycles. The molecule has 3 N–H and O–H groups in total. The van der Waals surface area contributed by atoms with Crippen LogP contribution in [0, 0.1) is 0 Å². The summed E-state index contributed by atoms with van der Waals surface area (Å²) < 4.78 is 24.4. The normalized spacial score (nSPS) is 11.6. The van der Waals surface area contributed by atoms with Gasteiger partial charge in [-0.2, -0.15) is 0 Å². The van der Waals surface area contributed by atoms with Crippen molar-refractivity contribution < 1.29 is 28.5 Å². The number of methoxy groups -OCH3 is 5. The number of amides is 1. The van der Waals surface area contributed by atoms with Crippen LogP contribution in [-0.2, 0) is 0 Å². The number of carbonyl (C=O) groups is 1. The van der Waals surface area contributed by atoms with E-state index in [0.717, 1.165) is 0 Å². The van der Waals surface area contributed by atoms with Gasteiger partial charge in [-0.15, -0.1) is 0 Å². The Labute approximate surface area is 217 Å². The first-order valence-electron chi connectivity index (χ1n) is 9.55. The van der Waals surface area contributed by atoms with Crippen molar-refractivity contribution in [1.82, 2.24) is 10.6 Å². The SMILES string of the molecule is COc1ccc(OC)c(NC(=S)NC(NC(=O)c2cc(OC)c(OC)c(OC)c2)C(Cl)(Cl)Cl)c1. The topological polar surface area (TPSA) is 99.3 Å². The first-order valence-corrected chi connectivity index (χ1v) is 11.1. The van der Waals surface area contributed by atoms with Crippen LogP contribution in [-0.4, -0.2) is 56.5 Å². The maximum absolute atomic E-state index is 13.0. The zero-order valence-corrected chi connectivity index (χ0v) is 22.0. The molecule has 0 aliphatic rings. The zero-order chi connectivity index (χ0) is 25.5. The Kier molecular flexibility index (Phi) is 9.99. The molecular weight excluding hydrogens is 529 g/mol. The molecule has 1 atom stereocenters. The number of rotatable bonds is 9. The molecule has 1 unspecified atom stereocenters. The van der Waals surface area contributed by atoms with Gasteiger partial charge >= 0.3 is 0 Å². The third kappa shape index (κ3) is 6.99. The summed E-state index contributed by atoms with van der Waals surface area (Å²) in [6, 6.07) is 8.02. The fraction of sp³-hybridized carbons (Fsp3) is 0.333. The fourth-order valence-corrected chi connectivity index (χ4v) is 3.38. The second-order valence-corrected chi connectivity index (χ2v) is 9.30. The van der Waals surface area contributed by atoms with Crippen molar-refractivity contribution in [1.29, 1.82) is 0 Å². The van der Waals surface area contributed by atoms with Crippen LogP contribution in [0.2, 0.25) is 0 Å². The molecule has 0 saturated carbocycles. The van der Waals surface area contributed by atoms with Gasteiger partial charge in [0.15, 0.2) is 16.6 Å². The molecule has 13 heteroatoms. The standard InChI is InChI=1S/C21H24Cl3N3O6S/c1-29-12-6-7-14(30-2)13(10-12)25-20(34)27-19(21(22,23)24)26-18(28)11-8-15(31-3)17(33-5)16(9-11)32-4/h6-10,19H,1-5H3,(H,26,28)(H2,25,27,34). The van der Waals surface area contributed by atoms with Gasteiger partial charge in [-0.25, -0.2) is 0 Å². The average Bonchev–Trinajstić information content (AvgIpc) is 2.81. The molecule has 0 aromatic heterocycles. The van der Waals surface area contributed by atoms with Crippen LogP contribution in [0.25, 0.3) is 0 Å². The highest BCUT2D eigenvalue weighted by Gasteiger charge is 2.35. The van der Waals surface area contributed by atoms with E-state index in [1.165, 1.54) is 47.7 Å². The number of anilines is 1. The van der Waals surface area contributed by atoms with E-state index in [9.17, 15) is 4.79 Å². The number of ether oxygens (including phenoxy) is 5. The van der Waals surface area contributed by atoms with Crippen LogP contribution >= 0.6 is 47.0 Å². The molecule has 0 fully saturated rings. The summed E-state index contributed by atoms with van der Waals surface area (Å²) in [7, 11) is 7.35. The van der Waals surface area contributed by atoms with Gasteiger partial charge in [-0.05, 0) is 36.5 Å². The number of benzene rings is 2. The van der Waals surface area contributed by atoms with E-state index in [2.05, 4.69) is 16.0 Å². The predicted octanol–water partition coefficient (Wildman–Crippen LogP) is 4.14. The lowest BCUT2D eigenvalue weighted by atomic mass is 10.1.